The van der Waals surface area contributed by atoms with Crippen molar-refractivity contribution in [3.8, 4) is 0 Å². The monoisotopic (exact) mass is 388 g/mol. The molecule has 2 aromatic rings. The maximum absolute atomic E-state index is 12.1. The highest BCUT2D eigenvalue weighted by molar-refractivity contribution is 7.90. The maximum atomic E-state index is 12.1. The third-order valence-electron chi connectivity index (χ3n) is 3.68. The van der Waals surface area contributed by atoms with Crippen LogP contribution in [0.2, 0.25) is 0 Å². The van der Waals surface area contributed by atoms with Crippen molar-refractivity contribution in [1.82, 2.24) is 4.72 Å². The molecule has 0 aromatic heterocycles. The Bertz CT molecular complexity index is 949. The first-order valence-corrected chi connectivity index (χ1v) is 9.69. The molecule has 0 bridgehead atoms. The third-order valence-corrected chi connectivity index (χ3v) is 5.13. The predicted octanol–water partition coefficient (Wildman–Crippen LogP) is 2.42. The average molecular weight is 388 g/mol. The Morgan fingerprint density at radius 3 is 2.04 bits per heavy atom. The van der Waals surface area contributed by atoms with E-state index in [1.807, 2.05) is 23.8 Å². The molecule has 0 aliphatic heterocycles. The van der Waals surface area contributed by atoms with Crippen LogP contribution >= 0.6 is 0 Å². The SMILES string of the molecule is CC(=O)NS(=O)(=O)c1ccc(NC(=O)CCC(=O)c2ccc(C)cc2)cc1. The molecule has 2 aromatic carbocycles. The zero-order valence-electron chi connectivity index (χ0n) is 15.0. The van der Waals surface area contributed by atoms with Crippen LogP contribution in [0.25, 0.3) is 0 Å². The number of carbonyl (C=O) groups is 3. The normalized spacial score (nSPS) is 10.9. The number of hydrogen-bond acceptors (Lipinski definition) is 5. The van der Waals surface area contributed by atoms with E-state index in [1.54, 1.807) is 12.1 Å². The van der Waals surface area contributed by atoms with E-state index in [0.29, 0.717) is 11.3 Å². The van der Waals surface area contributed by atoms with E-state index in [1.165, 1.54) is 24.3 Å². The second-order valence-corrected chi connectivity index (χ2v) is 7.71. The van der Waals surface area contributed by atoms with Gasteiger partial charge in [0.15, 0.2) is 5.78 Å². The Morgan fingerprint density at radius 2 is 1.48 bits per heavy atom. The van der Waals surface area contributed by atoms with Crippen LogP contribution in [0.5, 0.6) is 0 Å². The van der Waals surface area contributed by atoms with E-state index >= 15 is 0 Å². The maximum Gasteiger partial charge on any atom is 0.264 e. The van der Waals surface area contributed by atoms with E-state index in [0.717, 1.165) is 12.5 Å². The van der Waals surface area contributed by atoms with Crippen molar-refractivity contribution in [3.05, 3.63) is 59.7 Å². The highest BCUT2D eigenvalue weighted by Gasteiger charge is 2.15. The number of Topliss-reactive ketones (excluding diaryl/α,β-unsaturated/α-hetero) is 1. The molecule has 2 amide bonds. The van der Waals surface area contributed by atoms with Crippen LogP contribution < -0.4 is 10.0 Å². The van der Waals surface area contributed by atoms with Gasteiger partial charge in [-0.05, 0) is 31.2 Å². The van der Waals surface area contributed by atoms with Crippen molar-refractivity contribution in [2.45, 2.75) is 31.6 Å². The molecule has 0 unspecified atom stereocenters. The van der Waals surface area contributed by atoms with Gasteiger partial charge in [0.1, 0.15) is 0 Å². The summed E-state index contributed by atoms with van der Waals surface area (Å²) >= 11 is 0. The number of amides is 2. The van der Waals surface area contributed by atoms with Crippen LogP contribution in [0, 0.1) is 6.92 Å². The first-order valence-electron chi connectivity index (χ1n) is 8.20. The second-order valence-electron chi connectivity index (χ2n) is 6.02. The fourth-order valence-electron chi connectivity index (χ4n) is 2.30. The van der Waals surface area contributed by atoms with Crippen molar-refractivity contribution >= 4 is 33.3 Å². The molecule has 0 aliphatic rings. The smallest absolute Gasteiger partial charge is 0.264 e. The zero-order chi connectivity index (χ0) is 20.0. The lowest BCUT2D eigenvalue weighted by atomic mass is 10.0. The van der Waals surface area contributed by atoms with Gasteiger partial charge in [0, 0.05) is 31.0 Å². The Balaban J connectivity index is 1.91. The summed E-state index contributed by atoms with van der Waals surface area (Å²) in [6.07, 6.45) is 0.0859. The molecule has 2 rings (SSSR count). The number of rotatable bonds is 7. The standard InChI is InChI=1S/C19H20N2O5S/c1-13-3-5-15(6-4-13)18(23)11-12-19(24)20-16-7-9-17(10-8-16)27(25,26)21-14(2)22/h3-10H,11-12H2,1-2H3,(H,20,24)(H,21,22). The second kappa shape index (κ2) is 8.59. The van der Waals surface area contributed by atoms with Gasteiger partial charge in [-0.2, -0.15) is 0 Å². The van der Waals surface area contributed by atoms with E-state index < -0.39 is 15.9 Å². The number of nitrogens with one attached hydrogen (secondary N) is 2. The summed E-state index contributed by atoms with van der Waals surface area (Å²) in [6.45, 7) is 3.03. The highest BCUT2D eigenvalue weighted by atomic mass is 32.2. The first-order chi connectivity index (χ1) is 12.7. The molecule has 0 fully saturated rings. The number of sulfonamides is 1. The minimum Gasteiger partial charge on any atom is -0.326 e. The average Bonchev–Trinajstić information content (AvgIpc) is 2.59. The topological polar surface area (TPSA) is 109 Å². The number of anilines is 1. The number of aryl methyl sites for hydroxylation is 1. The van der Waals surface area contributed by atoms with Gasteiger partial charge in [-0.15, -0.1) is 0 Å². The van der Waals surface area contributed by atoms with E-state index in [2.05, 4.69) is 5.32 Å². The summed E-state index contributed by atoms with van der Waals surface area (Å²) in [5, 5.41) is 2.60. The molecule has 8 heteroatoms. The number of benzene rings is 2. The van der Waals surface area contributed by atoms with Crippen molar-refractivity contribution in [2.75, 3.05) is 5.32 Å². The van der Waals surface area contributed by atoms with Gasteiger partial charge in [0.2, 0.25) is 11.8 Å². The molecule has 0 saturated heterocycles. The van der Waals surface area contributed by atoms with Gasteiger partial charge in [0.05, 0.1) is 4.90 Å². The van der Waals surface area contributed by atoms with Gasteiger partial charge in [-0.1, -0.05) is 29.8 Å². The minimum absolute atomic E-state index is 0.0126. The van der Waals surface area contributed by atoms with Crippen molar-refractivity contribution in [3.63, 3.8) is 0 Å². The Kier molecular flexibility index (Phi) is 6.46. The van der Waals surface area contributed by atoms with E-state index in [-0.39, 0.29) is 29.4 Å². The van der Waals surface area contributed by atoms with Crippen LogP contribution in [-0.2, 0) is 19.6 Å². The third kappa shape index (κ3) is 6.03. The van der Waals surface area contributed by atoms with Gasteiger partial charge in [-0.25, -0.2) is 13.1 Å². The van der Waals surface area contributed by atoms with Crippen molar-refractivity contribution < 1.29 is 22.8 Å². The minimum atomic E-state index is -3.92. The number of hydrogen-bond donors (Lipinski definition) is 2. The Hall–Kier alpha value is -3.00. The molecule has 0 spiro atoms. The van der Waals surface area contributed by atoms with Gasteiger partial charge >= 0.3 is 0 Å². The molecule has 142 valence electrons. The van der Waals surface area contributed by atoms with Gasteiger partial charge in [-0.3, -0.25) is 14.4 Å². The fraction of sp³-hybridized carbons (Fsp3) is 0.211. The van der Waals surface area contributed by atoms with Crippen LogP contribution in [0.1, 0.15) is 35.7 Å². The molecule has 27 heavy (non-hydrogen) atoms. The molecular formula is C19H20N2O5S. The lowest BCUT2D eigenvalue weighted by molar-refractivity contribution is -0.117. The van der Waals surface area contributed by atoms with Crippen LogP contribution in [0.15, 0.2) is 53.4 Å². The first kappa shape index (κ1) is 20.3. The highest BCUT2D eigenvalue weighted by Crippen LogP contribution is 2.15. The summed E-state index contributed by atoms with van der Waals surface area (Å²) < 4.78 is 25.6. The molecular weight excluding hydrogens is 368 g/mol. The predicted molar refractivity (Wildman–Crippen MR) is 101 cm³/mol. The molecule has 0 saturated carbocycles. The van der Waals surface area contributed by atoms with Crippen molar-refractivity contribution in [2.24, 2.45) is 0 Å². The Labute approximate surface area is 157 Å². The quantitative estimate of drug-likeness (QED) is 0.708. The number of carbonyl (C=O) groups excluding carboxylic acids is 3. The van der Waals surface area contributed by atoms with E-state index in [4.69, 9.17) is 0 Å². The molecule has 7 nitrogen and oxygen atoms in total. The summed E-state index contributed by atoms with van der Waals surface area (Å²) in [5.74, 6) is -1.17. The van der Waals surface area contributed by atoms with Crippen molar-refractivity contribution in [1.29, 1.82) is 0 Å². The lowest BCUT2D eigenvalue weighted by Crippen LogP contribution is -2.28. The molecule has 0 atom stereocenters. The van der Waals surface area contributed by atoms with E-state index in [9.17, 15) is 22.8 Å². The molecule has 0 radical (unpaired) electrons. The summed E-state index contributed by atoms with van der Waals surface area (Å²) in [6, 6.07) is 12.5. The zero-order valence-corrected chi connectivity index (χ0v) is 15.8. The lowest BCUT2D eigenvalue weighted by Gasteiger charge is -2.08. The Morgan fingerprint density at radius 1 is 0.889 bits per heavy atom. The molecule has 0 aliphatic carbocycles. The number of ketones is 1. The summed E-state index contributed by atoms with van der Waals surface area (Å²) in [7, 11) is -3.92. The summed E-state index contributed by atoms with van der Waals surface area (Å²) in [5.41, 5.74) is 2.00. The summed E-state index contributed by atoms with van der Waals surface area (Å²) in [4.78, 5) is 34.9. The van der Waals surface area contributed by atoms with Gasteiger partial charge in [0.25, 0.3) is 10.0 Å². The van der Waals surface area contributed by atoms with Crippen LogP contribution in [0.4, 0.5) is 5.69 Å². The molecule has 0 heterocycles. The van der Waals surface area contributed by atoms with Crippen LogP contribution in [0.3, 0.4) is 0 Å². The largest absolute Gasteiger partial charge is 0.326 e. The molecule has 2 N–H and O–H groups in total. The van der Waals surface area contributed by atoms with Gasteiger partial charge < -0.3 is 5.32 Å². The fourth-order valence-corrected chi connectivity index (χ4v) is 3.29. The van der Waals surface area contributed by atoms with Crippen LogP contribution in [-0.4, -0.2) is 26.0 Å².